The molecule has 1 amide bonds. The molecule has 0 aliphatic carbocycles. The van der Waals surface area contributed by atoms with E-state index in [1.807, 2.05) is 11.8 Å². The molecule has 2 aromatic rings. The van der Waals surface area contributed by atoms with Gasteiger partial charge in [0.15, 0.2) is 6.10 Å². The molecule has 1 aliphatic heterocycles. The van der Waals surface area contributed by atoms with Gasteiger partial charge in [0, 0.05) is 36.6 Å². The SMILES string of the molecule is COc1cc(Cl)c(C)cc1NC(=O)C(C)OC(=O)C1CCN(c2ncccn2)CC1. The highest BCUT2D eigenvalue weighted by atomic mass is 35.5. The molecule has 0 saturated carbocycles. The normalized spacial score (nSPS) is 15.4. The number of piperidine rings is 1. The Balaban J connectivity index is 1.53. The van der Waals surface area contributed by atoms with E-state index in [2.05, 4.69) is 15.3 Å². The van der Waals surface area contributed by atoms with Crippen LogP contribution in [0.2, 0.25) is 5.02 Å². The monoisotopic (exact) mass is 432 g/mol. The molecule has 0 bridgehead atoms. The fraction of sp³-hybridized carbons (Fsp3) is 0.429. The number of esters is 1. The summed E-state index contributed by atoms with van der Waals surface area (Å²) < 4.78 is 10.7. The molecular formula is C21H25ClN4O4. The van der Waals surface area contributed by atoms with Crippen LogP contribution < -0.4 is 15.0 Å². The lowest BCUT2D eigenvalue weighted by molar-refractivity contribution is -0.158. The zero-order valence-electron chi connectivity index (χ0n) is 17.2. The highest BCUT2D eigenvalue weighted by Gasteiger charge is 2.29. The van der Waals surface area contributed by atoms with Crippen LogP contribution in [0, 0.1) is 12.8 Å². The highest BCUT2D eigenvalue weighted by molar-refractivity contribution is 6.31. The van der Waals surface area contributed by atoms with E-state index in [-0.39, 0.29) is 11.9 Å². The smallest absolute Gasteiger partial charge is 0.309 e. The summed E-state index contributed by atoms with van der Waals surface area (Å²) in [7, 11) is 1.49. The minimum atomic E-state index is -0.936. The van der Waals surface area contributed by atoms with E-state index in [0.717, 1.165) is 5.56 Å². The topological polar surface area (TPSA) is 93.6 Å². The van der Waals surface area contributed by atoms with Crippen LogP contribution in [0.1, 0.15) is 25.3 Å². The number of carbonyl (C=O) groups is 2. The van der Waals surface area contributed by atoms with E-state index in [1.54, 1.807) is 37.5 Å². The third-order valence-electron chi connectivity index (χ3n) is 5.06. The van der Waals surface area contributed by atoms with Gasteiger partial charge in [0.1, 0.15) is 5.75 Å². The molecule has 1 saturated heterocycles. The molecule has 3 rings (SSSR count). The molecular weight excluding hydrogens is 408 g/mol. The van der Waals surface area contributed by atoms with E-state index in [9.17, 15) is 9.59 Å². The predicted octanol–water partition coefficient (Wildman–Crippen LogP) is 3.23. The Morgan fingerprint density at radius 1 is 1.23 bits per heavy atom. The van der Waals surface area contributed by atoms with Crippen molar-refractivity contribution in [1.82, 2.24) is 9.97 Å². The molecule has 1 fully saturated rings. The number of amides is 1. The summed E-state index contributed by atoms with van der Waals surface area (Å²) in [5.74, 6) is 0.0359. The minimum Gasteiger partial charge on any atom is -0.495 e. The molecule has 30 heavy (non-hydrogen) atoms. The van der Waals surface area contributed by atoms with Crippen LogP contribution in [0.3, 0.4) is 0 Å². The Hall–Kier alpha value is -2.87. The van der Waals surface area contributed by atoms with Crippen molar-refractivity contribution in [2.24, 2.45) is 5.92 Å². The lowest BCUT2D eigenvalue weighted by Crippen LogP contribution is -2.39. The van der Waals surface area contributed by atoms with Gasteiger partial charge in [0.2, 0.25) is 5.95 Å². The zero-order valence-corrected chi connectivity index (χ0v) is 18.0. The maximum absolute atomic E-state index is 12.5. The second kappa shape index (κ2) is 9.75. The van der Waals surface area contributed by atoms with E-state index in [4.69, 9.17) is 21.1 Å². The molecule has 1 aromatic carbocycles. The maximum Gasteiger partial charge on any atom is 0.309 e. The van der Waals surface area contributed by atoms with Crippen LogP contribution in [0.5, 0.6) is 5.75 Å². The number of aromatic nitrogens is 2. The van der Waals surface area contributed by atoms with Crippen LogP contribution in [-0.2, 0) is 14.3 Å². The summed E-state index contributed by atoms with van der Waals surface area (Å²) in [5, 5.41) is 3.28. The fourth-order valence-electron chi connectivity index (χ4n) is 3.26. The van der Waals surface area contributed by atoms with Gasteiger partial charge in [-0.3, -0.25) is 9.59 Å². The zero-order chi connectivity index (χ0) is 21.7. The molecule has 1 aliphatic rings. The van der Waals surface area contributed by atoms with Crippen LogP contribution in [-0.4, -0.2) is 48.1 Å². The first-order valence-electron chi connectivity index (χ1n) is 9.76. The number of halogens is 1. The van der Waals surface area contributed by atoms with Gasteiger partial charge in [0.05, 0.1) is 18.7 Å². The van der Waals surface area contributed by atoms with Crippen molar-refractivity contribution >= 4 is 35.1 Å². The first-order valence-corrected chi connectivity index (χ1v) is 10.1. The second-order valence-corrected chi connectivity index (χ2v) is 7.59. The average molecular weight is 433 g/mol. The van der Waals surface area contributed by atoms with Crippen molar-refractivity contribution in [3.05, 3.63) is 41.2 Å². The van der Waals surface area contributed by atoms with Gasteiger partial charge in [-0.1, -0.05) is 11.6 Å². The number of aryl methyl sites for hydroxylation is 1. The molecule has 160 valence electrons. The number of nitrogens with zero attached hydrogens (tertiary/aromatic N) is 3. The summed E-state index contributed by atoms with van der Waals surface area (Å²) >= 11 is 6.09. The average Bonchev–Trinajstić information content (AvgIpc) is 2.76. The molecule has 8 nitrogen and oxygen atoms in total. The molecule has 1 aromatic heterocycles. The van der Waals surface area contributed by atoms with Gasteiger partial charge >= 0.3 is 5.97 Å². The molecule has 1 N–H and O–H groups in total. The number of rotatable bonds is 6. The first-order chi connectivity index (χ1) is 14.4. The summed E-state index contributed by atoms with van der Waals surface area (Å²) in [5.41, 5.74) is 1.27. The van der Waals surface area contributed by atoms with Crippen LogP contribution in [0.25, 0.3) is 0 Å². The number of methoxy groups -OCH3 is 1. The standard InChI is InChI=1S/C21H25ClN4O4/c1-13-11-17(18(29-3)12-16(13)22)25-19(27)14(2)30-20(28)15-5-9-26(10-6-15)21-23-7-4-8-24-21/h4,7-8,11-12,14-15H,5-6,9-10H2,1-3H3,(H,25,27). The highest BCUT2D eigenvalue weighted by Crippen LogP contribution is 2.31. The summed E-state index contributed by atoms with van der Waals surface area (Å²) in [4.78, 5) is 35.6. The molecule has 2 heterocycles. The number of anilines is 2. The number of hydrogen-bond acceptors (Lipinski definition) is 7. The fourth-order valence-corrected chi connectivity index (χ4v) is 3.41. The Bertz CT molecular complexity index is 901. The van der Waals surface area contributed by atoms with Crippen LogP contribution in [0.4, 0.5) is 11.6 Å². The number of nitrogens with one attached hydrogen (secondary N) is 1. The third kappa shape index (κ3) is 5.18. The molecule has 1 unspecified atom stereocenters. The lowest BCUT2D eigenvalue weighted by Gasteiger charge is -2.31. The third-order valence-corrected chi connectivity index (χ3v) is 5.47. The van der Waals surface area contributed by atoms with Crippen molar-refractivity contribution in [2.45, 2.75) is 32.8 Å². The van der Waals surface area contributed by atoms with Crippen molar-refractivity contribution in [3.8, 4) is 5.75 Å². The number of benzene rings is 1. The lowest BCUT2D eigenvalue weighted by atomic mass is 9.97. The van der Waals surface area contributed by atoms with Crippen molar-refractivity contribution in [3.63, 3.8) is 0 Å². The summed E-state index contributed by atoms with van der Waals surface area (Å²) in [6.45, 7) is 4.69. The van der Waals surface area contributed by atoms with Gasteiger partial charge in [-0.05, 0) is 44.4 Å². The van der Waals surface area contributed by atoms with Crippen molar-refractivity contribution < 1.29 is 19.1 Å². The number of hydrogen-bond donors (Lipinski definition) is 1. The van der Waals surface area contributed by atoms with Gasteiger partial charge in [-0.25, -0.2) is 9.97 Å². The molecule has 1 atom stereocenters. The van der Waals surface area contributed by atoms with E-state index in [1.165, 1.54) is 7.11 Å². The molecule has 0 radical (unpaired) electrons. The van der Waals surface area contributed by atoms with E-state index >= 15 is 0 Å². The summed E-state index contributed by atoms with van der Waals surface area (Å²) in [6, 6.07) is 5.11. The largest absolute Gasteiger partial charge is 0.495 e. The second-order valence-electron chi connectivity index (χ2n) is 7.18. The van der Waals surface area contributed by atoms with Gasteiger partial charge in [-0.2, -0.15) is 0 Å². The molecule has 9 heteroatoms. The van der Waals surface area contributed by atoms with E-state index in [0.29, 0.717) is 48.3 Å². The van der Waals surface area contributed by atoms with Crippen LogP contribution in [0.15, 0.2) is 30.6 Å². The van der Waals surface area contributed by atoms with Crippen molar-refractivity contribution in [2.75, 3.05) is 30.4 Å². The van der Waals surface area contributed by atoms with Crippen LogP contribution >= 0.6 is 11.6 Å². The minimum absolute atomic E-state index is 0.257. The Morgan fingerprint density at radius 3 is 2.53 bits per heavy atom. The van der Waals surface area contributed by atoms with Gasteiger partial charge in [-0.15, -0.1) is 0 Å². The Kier molecular flexibility index (Phi) is 7.10. The predicted molar refractivity (Wildman–Crippen MR) is 114 cm³/mol. The Morgan fingerprint density at radius 2 is 1.90 bits per heavy atom. The summed E-state index contributed by atoms with van der Waals surface area (Å²) in [6.07, 6.45) is 3.69. The maximum atomic E-state index is 12.5. The van der Waals surface area contributed by atoms with Crippen molar-refractivity contribution in [1.29, 1.82) is 0 Å². The quantitative estimate of drug-likeness (QED) is 0.700. The number of ether oxygens (including phenoxy) is 2. The Labute approximate surface area is 180 Å². The van der Waals surface area contributed by atoms with Gasteiger partial charge < -0.3 is 19.7 Å². The van der Waals surface area contributed by atoms with Gasteiger partial charge in [0.25, 0.3) is 5.91 Å². The number of carbonyl (C=O) groups excluding carboxylic acids is 2. The van der Waals surface area contributed by atoms with E-state index < -0.39 is 12.0 Å². The first kappa shape index (κ1) is 21.8. The molecule has 0 spiro atoms.